The fourth-order valence-corrected chi connectivity index (χ4v) is 2.92. The summed E-state index contributed by atoms with van der Waals surface area (Å²) in [5.74, 6) is -0.760. The molecule has 0 aliphatic carbocycles. The number of hydrogen-bond donors (Lipinski definition) is 2. The molecule has 1 aromatic heterocycles. The number of sulfonamides is 1. The molecule has 0 fully saturated rings. The highest BCUT2D eigenvalue weighted by Gasteiger charge is 2.17. The van der Waals surface area contributed by atoms with Gasteiger partial charge < -0.3 is 5.32 Å². The Balaban J connectivity index is 2.17. The van der Waals surface area contributed by atoms with E-state index in [1.165, 1.54) is 13.1 Å². The molecule has 0 saturated carbocycles. The third kappa shape index (κ3) is 4.22. The van der Waals surface area contributed by atoms with Crippen LogP contribution in [-0.2, 0) is 16.6 Å². The summed E-state index contributed by atoms with van der Waals surface area (Å²) < 4.78 is 64.1. The van der Waals surface area contributed by atoms with Crippen LogP contribution in [0.25, 0.3) is 0 Å². The van der Waals surface area contributed by atoms with Crippen LogP contribution in [0.2, 0.25) is 0 Å². The molecule has 24 heavy (non-hydrogen) atoms. The third-order valence-corrected chi connectivity index (χ3v) is 4.85. The van der Waals surface area contributed by atoms with E-state index in [1.54, 1.807) is 0 Å². The average molecular weight is 425 g/mol. The van der Waals surface area contributed by atoms with Crippen LogP contribution in [0.5, 0.6) is 0 Å². The molecule has 1 aromatic carbocycles. The van der Waals surface area contributed by atoms with Crippen LogP contribution in [0.4, 0.5) is 19.0 Å². The first-order valence-electron chi connectivity index (χ1n) is 6.51. The monoisotopic (exact) mass is 424 g/mol. The molecule has 11 heteroatoms. The second kappa shape index (κ2) is 7.45. The number of nitrogens with zero attached hydrogens (tertiary/aromatic N) is 2. The smallest absolute Gasteiger partial charge is 0.266 e. The Hall–Kier alpha value is -1.72. The Labute approximate surface area is 144 Å². The van der Waals surface area contributed by atoms with Crippen molar-refractivity contribution in [2.24, 2.45) is 0 Å². The summed E-state index contributed by atoms with van der Waals surface area (Å²) in [6, 6.07) is 3.37. The zero-order valence-electron chi connectivity index (χ0n) is 12.2. The van der Waals surface area contributed by atoms with Gasteiger partial charge in [-0.1, -0.05) is 6.07 Å². The molecule has 0 unspecified atom stereocenters. The second-order valence-electron chi connectivity index (χ2n) is 4.57. The molecule has 0 aliphatic heterocycles. The number of aromatic nitrogens is 2. The van der Waals surface area contributed by atoms with Crippen molar-refractivity contribution in [3.8, 4) is 0 Å². The second-order valence-corrected chi connectivity index (χ2v) is 7.15. The van der Waals surface area contributed by atoms with E-state index in [1.807, 2.05) is 0 Å². The number of nitrogens with one attached hydrogen (secondary N) is 2. The molecule has 2 aromatic rings. The summed E-state index contributed by atoms with van der Waals surface area (Å²) in [6.45, 7) is 0.0748. The molecule has 2 N–H and O–H groups in total. The molecule has 0 bridgehead atoms. The molecule has 130 valence electrons. The Morgan fingerprint density at radius 2 is 2.04 bits per heavy atom. The zero-order chi connectivity index (χ0) is 17.9. The molecule has 6 nitrogen and oxygen atoms in total. The van der Waals surface area contributed by atoms with E-state index in [0.29, 0.717) is 5.56 Å². The van der Waals surface area contributed by atoms with Crippen molar-refractivity contribution in [3.63, 3.8) is 0 Å². The van der Waals surface area contributed by atoms with Crippen LogP contribution in [0, 0.1) is 5.82 Å². The van der Waals surface area contributed by atoms with Crippen LogP contribution in [0.3, 0.4) is 0 Å². The minimum Gasteiger partial charge on any atom is -0.364 e. The molecule has 1 heterocycles. The van der Waals surface area contributed by atoms with Gasteiger partial charge in [0.05, 0.1) is 11.8 Å². The van der Waals surface area contributed by atoms with Gasteiger partial charge in [0, 0.05) is 6.54 Å². The molecular weight excluding hydrogens is 413 g/mol. The van der Waals surface area contributed by atoms with Gasteiger partial charge in [-0.05, 0) is 40.7 Å². The summed E-state index contributed by atoms with van der Waals surface area (Å²) in [5, 5.41) is 2.53. The number of anilines is 1. The zero-order valence-corrected chi connectivity index (χ0v) is 14.6. The van der Waals surface area contributed by atoms with Crippen molar-refractivity contribution in [1.29, 1.82) is 0 Å². The van der Waals surface area contributed by atoms with Crippen LogP contribution >= 0.6 is 15.9 Å². The fraction of sp³-hybridized carbons (Fsp3) is 0.231. The maximum Gasteiger partial charge on any atom is 0.266 e. The Morgan fingerprint density at radius 1 is 1.33 bits per heavy atom. The normalized spacial score (nSPS) is 11.8. The quantitative estimate of drug-likeness (QED) is 0.744. The summed E-state index contributed by atoms with van der Waals surface area (Å²) in [7, 11) is -2.49. The van der Waals surface area contributed by atoms with Gasteiger partial charge in [-0.2, -0.15) is 0 Å². The largest absolute Gasteiger partial charge is 0.364 e. The summed E-state index contributed by atoms with van der Waals surface area (Å²) >= 11 is 3.08. The SMILES string of the molecule is CNS(=O)(=O)c1cnc(NCc2ccc(F)c(C(F)F)c2)c(Br)n1. The van der Waals surface area contributed by atoms with E-state index in [2.05, 4.69) is 35.9 Å². The molecule has 0 saturated heterocycles. The highest BCUT2D eigenvalue weighted by atomic mass is 79.9. The number of alkyl halides is 2. The van der Waals surface area contributed by atoms with Gasteiger partial charge in [-0.15, -0.1) is 0 Å². The van der Waals surface area contributed by atoms with Crippen LogP contribution in [-0.4, -0.2) is 25.4 Å². The van der Waals surface area contributed by atoms with Gasteiger partial charge in [0.1, 0.15) is 10.4 Å². The maximum absolute atomic E-state index is 13.2. The van der Waals surface area contributed by atoms with Crippen LogP contribution < -0.4 is 10.0 Å². The minimum atomic E-state index is -3.73. The van der Waals surface area contributed by atoms with Crippen molar-refractivity contribution in [1.82, 2.24) is 14.7 Å². The first kappa shape index (κ1) is 18.6. The lowest BCUT2D eigenvalue weighted by Gasteiger charge is -2.10. The van der Waals surface area contributed by atoms with E-state index >= 15 is 0 Å². The Kier molecular flexibility index (Phi) is 5.78. The Bertz CT molecular complexity index is 849. The number of benzene rings is 1. The standard InChI is InChI=1S/C13H12BrF3N4O2S/c1-18-24(22,23)10-6-20-13(11(14)21-10)19-5-7-2-3-9(15)8(4-7)12(16)17/h2-4,6,12,18H,5H2,1H3,(H,19,20). The molecular formula is C13H12BrF3N4O2S. The topological polar surface area (TPSA) is 84.0 Å². The first-order valence-corrected chi connectivity index (χ1v) is 8.78. The molecule has 0 radical (unpaired) electrons. The van der Waals surface area contributed by atoms with Crippen LogP contribution in [0.1, 0.15) is 17.6 Å². The lowest BCUT2D eigenvalue weighted by Crippen LogP contribution is -2.20. The Morgan fingerprint density at radius 3 is 2.62 bits per heavy atom. The summed E-state index contributed by atoms with van der Waals surface area (Å²) in [4.78, 5) is 7.77. The molecule has 0 atom stereocenters. The summed E-state index contributed by atoms with van der Waals surface area (Å²) in [6.07, 6.45) is -1.86. The van der Waals surface area contributed by atoms with E-state index in [0.717, 1.165) is 18.3 Å². The lowest BCUT2D eigenvalue weighted by atomic mass is 10.1. The lowest BCUT2D eigenvalue weighted by molar-refractivity contribution is 0.146. The first-order chi connectivity index (χ1) is 11.2. The van der Waals surface area contributed by atoms with Gasteiger partial charge in [0.25, 0.3) is 16.4 Å². The molecule has 0 amide bonds. The van der Waals surface area contributed by atoms with Gasteiger partial charge >= 0.3 is 0 Å². The predicted molar refractivity (Wildman–Crippen MR) is 84.7 cm³/mol. The predicted octanol–water partition coefficient (Wildman–Crippen LogP) is 2.84. The van der Waals surface area contributed by atoms with Gasteiger partial charge in [0.15, 0.2) is 10.8 Å². The van der Waals surface area contributed by atoms with E-state index < -0.39 is 27.8 Å². The van der Waals surface area contributed by atoms with Gasteiger partial charge in [0.2, 0.25) is 0 Å². The molecule has 0 aliphatic rings. The third-order valence-electron chi connectivity index (χ3n) is 3.01. The van der Waals surface area contributed by atoms with Gasteiger partial charge in [-0.25, -0.2) is 36.3 Å². The van der Waals surface area contributed by atoms with E-state index in [-0.39, 0.29) is 22.0 Å². The van der Waals surface area contributed by atoms with Gasteiger partial charge in [-0.3, -0.25) is 0 Å². The number of rotatable bonds is 6. The van der Waals surface area contributed by atoms with Crippen molar-refractivity contribution < 1.29 is 21.6 Å². The number of halogens is 4. The van der Waals surface area contributed by atoms with Crippen molar-refractivity contribution in [2.75, 3.05) is 12.4 Å². The van der Waals surface area contributed by atoms with Crippen molar-refractivity contribution in [3.05, 3.63) is 45.9 Å². The van der Waals surface area contributed by atoms with Crippen molar-refractivity contribution >= 4 is 31.8 Å². The molecule has 0 spiro atoms. The fourth-order valence-electron chi connectivity index (χ4n) is 1.76. The average Bonchev–Trinajstić information content (AvgIpc) is 2.54. The molecule has 2 rings (SSSR count). The van der Waals surface area contributed by atoms with E-state index in [9.17, 15) is 21.6 Å². The highest BCUT2D eigenvalue weighted by Crippen LogP contribution is 2.24. The minimum absolute atomic E-state index is 0.0748. The van der Waals surface area contributed by atoms with Crippen molar-refractivity contribution in [2.45, 2.75) is 18.0 Å². The van der Waals surface area contributed by atoms with E-state index in [4.69, 9.17) is 0 Å². The highest BCUT2D eigenvalue weighted by molar-refractivity contribution is 9.10. The summed E-state index contributed by atoms with van der Waals surface area (Å²) in [5.41, 5.74) is -0.276. The number of hydrogen-bond acceptors (Lipinski definition) is 5. The maximum atomic E-state index is 13.2. The van der Waals surface area contributed by atoms with Crippen LogP contribution in [0.15, 0.2) is 34.0 Å².